The molecule has 0 saturated carbocycles. The lowest BCUT2D eigenvalue weighted by Crippen LogP contribution is -2.21. The quantitative estimate of drug-likeness (QED) is 0.654. The third-order valence-electron chi connectivity index (χ3n) is 2.64. The average molecular weight is 270 g/mol. The molecule has 0 aliphatic rings. The topological polar surface area (TPSA) is 87.5 Å². The van der Waals surface area contributed by atoms with Gasteiger partial charge in [-0.25, -0.2) is 10.4 Å². The van der Waals surface area contributed by atoms with Gasteiger partial charge in [-0.1, -0.05) is 19.1 Å². The van der Waals surface area contributed by atoms with E-state index >= 15 is 0 Å². The summed E-state index contributed by atoms with van der Waals surface area (Å²) in [5, 5.41) is 13.8. The Hall–Kier alpha value is -2.76. The van der Waals surface area contributed by atoms with Gasteiger partial charge in [-0.2, -0.15) is 5.10 Å². The number of rotatable bonds is 4. The minimum Gasteiger partial charge on any atom is -0.507 e. The van der Waals surface area contributed by atoms with Crippen LogP contribution in [0.15, 0.2) is 48.0 Å². The van der Waals surface area contributed by atoms with E-state index in [1.54, 1.807) is 24.3 Å². The summed E-state index contributed by atoms with van der Waals surface area (Å²) in [5.74, 6) is -0.318. The van der Waals surface area contributed by atoms with Crippen molar-refractivity contribution in [2.75, 3.05) is 0 Å². The number of aromatic nitrogens is 2. The standard InChI is InChI=1S/C14H14N4O2/c1-2-11(10-5-3-4-6-13(10)19)17-18-14(20)12-9-15-7-8-16-12/h3-9,19H,2H2,1H3,(H,18,20)/b17-11+. The second kappa shape index (κ2) is 6.42. The van der Waals surface area contributed by atoms with E-state index in [4.69, 9.17) is 0 Å². The lowest BCUT2D eigenvalue weighted by atomic mass is 10.1. The Kier molecular flexibility index (Phi) is 4.39. The van der Waals surface area contributed by atoms with Crippen molar-refractivity contribution in [3.8, 4) is 5.75 Å². The van der Waals surface area contributed by atoms with Crippen molar-refractivity contribution in [3.63, 3.8) is 0 Å². The van der Waals surface area contributed by atoms with Gasteiger partial charge < -0.3 is 5.11 Å². The first kappa shape index (κ1) is 13.7. The predicted molar refractivity (Wildman–Crippen MR) is 74.4 cm³/mol. The molecule has 6 nitrogen and oxygen atoms in total. The summed E-state index contributed by atoms with van der Waals surface area (Å²) in [4.78, 5) is 19.5. The van der Waals surface area contributed by atoms with Gasteiger partial charge in [0.15, 0.2) is 0 Å². The first-order valence-electron chi connectivity index (χ1n) is 6.13. The Balaban J connectivity index is 2.17. The van der Waals surface area contributed by atoms with Crippen LogP contribution in [0.2, 0.25) is 0 Å². The van der Waals surface area contributed by atoms with Crippen LogP contribution in [0.5, 0.6) is 5.75 Å². The Labute approximate surface area is 116 Å². The van der Waals surface area contributed by atoms with Crippen LogP contribution in [0.4, 0.5) is 0 Å². The monoisotopic (exact) mass is 270 g/mol. The van der Waals surface area contributed by atoms with Crippen molar-refractivity contribution in [3.05, 3.63) is 54.1 Å². The fourth-order valence-electron chi connectivity index (χ4n) is 1.64. The van der Waals surface area contributed by atoms with E-state index in [-0.39, 0.29) is 11.4 Å². The van der Waals surface area contributed by atoms with Gasteiger partial charge in [0.05, 0.1) is 11.9 Å². The molecule has 0 saturated heterocycles. The summed E-state index contributed by atoms with van der Waals surface area (Å²) in [6.45, 7) is 1.89. The Bertz CT molecular complexity index is 626. The maximum Gasteiger partial charge on any atom is 0.291 e. The van der Waals surface area contributed by atoms with Crippen LogP contribution in [0.3, 0.4) is 0 Å². The van der Waals surface area contributed by atoms with Crippen molar-refractivity contribution in [2.45, 2.75) is 13.3 Å². The number of hydrazone groups is 1. The van der Waals surface area contributed by atoms with Crippen LogP contribution in [-0.2, 0) is 0 Å². The summed E-state index contributed by atoms with van der Waals surface area (Å²) < 4.78 is 0. The highest BCUT2D eigenvalue weighted by Gasteiger charge is 2.09. The van der Waals surface area contributed by atoms with Crippen LogP contribution in [0.25, 0.3) is 0 Å². The average Bonchev–Trinajstić information content (AvgIpc) is 2.50. The highest BCUT2D eigenvalue weighted by molar-refractivity contribution is 6.03. The van der Waals surface area contributed by atoms with E-state index in [0.717, 1.165) is 0 Å². The number of aromatic hydroxyl groups is 1. The molecule has 6 heteroatoms. The van der Waals surface area contributed by atoms with Gasteiger partial charge in [-0.05, 0) is 18.6 Å². The number of hydrogen-bond donors (Lipinski definition) is 2. The maximum absolute atomic E-state index is 11.8. The highest BCUT2D eigenvalue weighted by atomic mass is 16.3. The van der Waals surface area contributed by atoms with Gasteiger partial charge in [0.1, 0.15) is 11.4 Å². The first-order chi connectivity index (χ1) is 9.72. The van der Waals surface area contributed by atoms with E-state index in [0.29, 0.717) is 17.7 Å². The molecule has 1 aromatic carbocycles. The van der Waals surface area contributed by atoms with Gasteiger partial charge >= 0.3 is 0 Å². The summed E-state index contributed by atoms with van der Waals surface area (Å²) in [5.41, 5.74) is 3.77. The first-order valence-corrected chi connectivity index (χ1v) is 6.13. The Morgan fingerprint density at radius 1 is 1.35 bits per heavy atom. The molecule has 2 rings (SSSR count). The zero-order valence-corrected chi connectivity index (χ0v) is 10.9. The smallest absolute Gasteiger partial charge is 0.291 e. The van der Waals surface area contributed by atoms with Crippen LogP contribution >= 0.6 is 0 Å². The molecule has 1 amide bonds. The zero-order valence-electron chi connectivity index (χ0n) is 10.9. The number of para-hydroxylation sites is 1. The number of phenols is 1. The molecule has 0 radical (unpaired) electrons. The van der Waals surface area contributed by atoms with Crippen molar-refractivity contribution >= 4 is 11.6 Å². The Morgan fingerprint density at radius 2 is 2.15 bits per heavy atom. The molecule has 0 spiro atoms. The summed E-state index contributed by atoms with van der Waals surface area (Å²) in [6.07, 6.45) is 4.84. The van der Waals surface area contributed by atoms with Gasteiger partial charge in [0, 0.05) is 18.0 Å². The zero-order chi connectivity index (χ0) is 14.4. The SMILES string of the molecule is CC/C(=N\NC(=O)c1cnccn1)c1ccccc1O. The molecule has 2 aromatic rings. The number of carbonyl (C=O) groups is 1. The van der Waals surface area contributed by atoms with Crippen LogP contribution in [0.1, 0.15) is 29.4 Å². The summed E-state index contributed by atoms with van der Waals surface area (Å²) in [7, 11) is 0. The van der Waals surface area contributed by atoms with Crippen LogP contribution in [0, 0.1) is 0 Å². The van der Waals surface area contributed by atoms with Crippen LogP contribution in [-0.4, -0.2) is 26.7 Å². The molecule has 102 valence electrons. The number of hydrogen-bond acceptors (Lipinski definition) is 5. The number of nitrogens with one attached hydrogen (secondary N) is 1. The van der Waals surface area contributed by atoms with Crippen molar-refractivity contribution in [1.82, 2.24) is 15.4 Å². The highest BCUT2D eigenvalue weighted by Crippen LogP contribution is 2.17. The third-order valence-corrected chi connectivity index (χ3v) is 2.64. The number of amides is 1. The molecule has 0 bridgehead atoms. The van der Waals surface area contributed by atoms with E-state index in [1.807, 2.05) is 6.92 Å². The maximum atomic E-state index is 11.8. The Morgan fingerprint density at radius 3 is 2.80 bits per heavy atom. The molecule has 0 aliphatic carbocycles. The molecule has 0 fully saturated rings. The van der Waals surface area contributed by atoms with Crippen molar-refractivity contribution < 1.29 is 9.90 Å². The molecular weight excluding hydrogens is 256 g/mol. The number of carbonyl (C=O) groups excluding carboxylic acids is 1. The summed E-state index contributed by atoms with van der Waals surface area (Å²) >= 11 is 0. The van der Waals surface area contributed by atoms with Crippen LogP contribution < -0.4 is 5.43 Å². The summed E-state index contributed by atoms with van der Waals surface area (Å²) in [6, 6.07) is 6.84. The van der Waals surface area contributed by atoms with E-state index in [9.17, 15) is 9.90 Å². The predicted octanol–water partition coefficient (Wildman–Crippen LogP) is 1.73. The number of phenolic OH excluding ortho intramolecular Hbond substituents is 1. The van der Waals surface area contributed by atoms with E-state index in [1.165, 1.54) is 18.6 Å². The van der Waals surface area contributed by atoms with Crippen molar-refractivity contribution in [1.29, 1.82) is 0 Å². The van der Waals surface area contributed by atoms with E-state index < -0.39 is 5.91 Å². The van der Waals surface area contributed by atoms with Gasteiger partial charge in [0.2, 0.25) is 0 Å². The number of nitrogens with zero attached hydrogens (tertiary/aromatic N) is 3. The third kappa shape index (κ3) is 3.17. The fourth-order valence-corrected chi connectivity index (χ4v) is 1.64. The van der Waals surface area contributed by atoms with E-state index in [2.05, 4.69) is 20.5 Å². The minimum absolute atomic E-state index is 0.127. The number of benzene rings is 1. The molecule has 0 aliphatic heterocycles. The minimum atomic E-state index is -0.445. The van der Waals surface area contributed by atoms with Crippen molar-refractivity contribution in [2.24, 2.45) is 5.10 Å². The molecule has 0 unspecified atom stereocenters. The molecule has 20 heavy (non-hydrogen) atoms. The molecule has 1 aromatic heterocycles. The molecule has 0 atom stereocenters. The van der Waals surface area contributed by atoms with Gasteiger partial charge in [-0.15, -0.1) is 0 Å². The lowest BCUT2D eigenvalue weighted by Gasteiger charge is -2.06. The van der Waals surface area contributed by atoms with Gasteiger partial charge in [-0.3, -0.25) is 9.78 Å². The molecule has 1 heterocycles. The molecule has 2 N–H and O–H groups in total. The second-order valence-electron chi connectivity index (χ2n) is 3.96. The lowest BCUT2D eigenvalue weighted by molar-refractivity contribution is 0.0949. The molecular formula is C14H14N4O2. The second-order valence-corrected chi connectivity index (χ2v) is 3.96. The largest absolute Gasteiger partial charge is 0.507 e. The van der Waals surface area contributed by atoms with Gasteiger partial charge in [0.25, 0.3) is 5.91 Å². The normalized spacial score (nSPS) is 11.2. The fraction of sp³-hybridized carbons (Fsp3) is 0.143.